The summed E-state index contributed by atoms with van der Waals surface area (Å²) >= 11 is 0. The van der Waals surface area contributed by atoms with Crippen LogP contribution in [-0.2, 0) is 11.3 Å². The molecule has 0 saturated carbocycles. The standard InChI is InChI=1S/C13H24N4O/c1-3-13(2,10-14)12(18)16-6-4-5-8-17-9-7-15-11-17/h7,9,11H,3-6,8,10,14H2,1-2H3,(H,16,18). The lowest BCUT2D eigenvalue weighted by atomic mass is 9.86. The van der Waals surface area contributed by atoms with Crippen molar-refractivity contribution in [2.45, 2.75) is 39.7 Å². The van der Waals surface area contributed by atoms with Crippen LogP contribution in [0.2, 0.25) is 0 Å². The number of hydrogen-bond acceptors (Lipinski definition) is 3. The number of carbonyl (C=O) groups is 1. The van der Waals surface area contributed by atoms with Crippen LogP contribution in [0.5, 0.6) is 0 Å². The van der Waals surface area contributed by atoms with Crippen molar-refractivity contribution in [3.05, 3.63) is 18.7 Å². The van der Waals surface area contributed by atoms with E-state index in [-0.39, 0.29) is 5.91 Å². The molecule has 1 aromatic heterocycles. The third-order valence-corrected chi connectivity index (χ3v) is 3.47. The molecule has 0 aliphatic heterocycles. The predicted molar refractivity (Wildman–Crippen MR) is 71.9 cm³/mol. The van der Waals surface area contributed by atoms with E-state index in [1.54, 1.807) is 12.5 Å². The fourth-order valence-corrected chi connectivity index (χ4v) is 1.65. The van der Waals surface area contributed by atoms with Gasteiger partial charge in [0.2, 0.25) is 5.91 Å². The molecule has 5 nitrogen and oxygen atoms in total. The molecule has 0 spiro atoms. The minimum absolute atomic E-state index is 0.0649. The number of nitrogens with zero attached hydrogens (tertiary/aromatic N) is 2. The SMILES string of the molecule is CCC(C)(CN)C(=O)NCCCCn1ccnc1. The van der Waals surface area contributed by atoms with Crippen molar-refractivity contribution in [2.75, 3.05) is 13.1 Å². The number of nitrogens with one attached hydrogen (secondary N) is 1. The Morgan fingerprint density at radius 2 is 2.28 bits per heavy atom. The highest BCUT2D eigenvalue weighted by Gasteiger charge is 2.28. The highest BCUT2D eigenvalue weighted by atomic mass is 16.2. The first-order chi connectivity index (χ1) is 8.62. The quantitative estimate of drug-likeness (QED) is 0.682. The first kappa shape index (κ1) is 14.7. The number of hydrogen-bond donors (Lipinski definition) is 2. The molecule has 0 saturated heterocycles. The van der Waals surface area contributed by atoms with Crippen molar-refractivity contribution in [1.82, 2.24) is 14.9 Å². The molecule has 0 bridgehead atoms. The van der Waals surface area contributed by atoms with Crippen LogP contribution < -0.4 is 11.1 Å². The molecule has 1 amide bonds. The summed E-state index contributed by atoms with van der Waals surface area (Å²) in [7, 11) is 0. The van der Waals surface area contributed by atoms with Crippen LogP contribution in [0.4, 0.5) is 0 Å². The van der Waals surface area contributed by atoms with E-state index in [4.69, 9.17) is 5.73 Å². The van der Waals surface area contributed by atoms with E-state index in [2.05, 4.69) is 10.3 Å². The Balaban J connectivity index is 2.16. The van der Waals surface area contributed by atoms with Crippen molar-refractivity contribution >= 4 is 5.91 Å². The summed E-state index contributed by atoms with van der Waals surface area (Å²) in [6.45, 7) is 5.95. The molecule has 0 radical (unpaired) electrons. The molecule has 1 unspecified atom stereocenters. The summed E-state index contributed by atoms with van der Waals surface area (Å²) < 4.78 is 2.04. The maximum absolute atomic E-state index is 11.9. The van der Waals surface area contributed by atoms with Crippen LogP contribution in [0.3, 0.4) is 0 Å². The van der Waals surface area contributed by atoms with Crippen LogP contribution in [0.1, 0.15) is 33.1 Å². The van der Waals surface area contributed by atoms with Crippen LogP contribution >= 0.6 is 0 Å². The third-order valence-electron chi connectivity index (χ3n) is 3.47. The van der Waals surface area contributed by atoms with E-state index in [0.29, 0.717) is 13.1 Å². The van der Waals surface area contributed by atoms with Crippen molar-refractivity contribution in [1.29, 1.82) is 0 Å². The summed E-state index contributed by atoms with van der Waals surface area (Å²) in [5.74, 6) is 0.0649. The van der Waals surface area contributed by atoms with Crippen LogP contribution in [0, 0.1) is 5.41 Å². The Bertz CT molecular complexity index is 344. The molecule has 3 N–H and O–H groups in total. The van der Waals surface area contributed by atoms with Gasteiger partial charge < -0.3 is 15.6 Å². The highest BCUT2D eigenvalue weighted by molar-refractivity contribution is 5.82. The summed E-state index contributed by atoms with van der Waals surface area (Å²) in [6, 6.07) is 0. The summed E-state index contributed by atoms with van der Waals surface area (Å²) in [4.78, 5) is 15.9. The van der Waals surface area contributed by atoms with Crippen LogP contribution in [0.15, 0.2) is 18.7 Å². The third kappa shape index (κ3) is 4.14. The lowest BCUT2D eigenvalue weighted by Crippen LogP contribution is -2.43. The number of carbonyl (C=O) groups excluding carboxylic acids is 1. The molecule has 1 rings (SSSR count). The Morgan fingerprint density at radius 1 is 1.50 bits per heavy atom. The van der Waals surface area contributed by atoms with Crippen LogP contribution in [0.25, 0.3) is 0 Å². The molecule has 102 valence electrons. The summed E-state index contributed by atoms with van der Waals surface area (Å²) in [6.07, 6.45) is 8.29. The number of unbranched alkanes of at least 4 members (excludes halogenated alkanes) is 1. The second kappa shape index (κ2) is 7.16. The molecule has 5 heteroatoms. The highest BCUT2D eigenvalue weighted by Crippen LogP contribution is 2.18. The second-order valence-electron chi connectivity index (χ2n) is 4.88. The normalized spacial score (nSPS) is 14.2. The molecular formula is C13H24N4O. The zero-order valence-corrected chi connectivity index (χ0v) is 11.4. The summed E-state index contributed by atoms with van der Waals surface area (Å²) in [5, 5.41) is 2.96. The second-order valence-corrected chi connectivity index (χ2v) is 4.88. The Kier molecular flexibility index (Phi) is 5.85. The van der Waals surface area contributed by atoms with Gasteiger partial charge in [-0.2, -0.15) is 0 Å². The first-order valence-corrected chi connectivity index (χ1v) is 6.56. The van der Waals surface area contributed by atoms with Crippen molar-refractivity contribution in [2.24, 2.45) is 11.1 Å². The van der Waals surface area contributed by atoms with Gasteiger partial charge in [-0.25, -0.2) is 4.98 Å². The average Bonchev–Trinajstić information content (AvgIpc) is 2.90. The molecule has 1 atom stereocenters. The maximum Gasteiger partial charge on any atom is 0.227 e. The fourth-order valence-electron chi connectivity index (χ4n) is 1.65. The van der Waals surface area contributed by atoms with Crippen molar-refractivity contribution < 1.29 is 4.79 Å². The van der Waals surface area contributed by atoms with Gasteiger partial charge in [-0.15, -0.1) is 0 Å². The van der Waals surface area contributed by atoms with E-state index in [1.165, 1.54) is 0 Å². The van der Waals surface area contributed by atoms with E-state index < -0.39 is 5.41 Å². The van der Waals surface area contributed by atoms with E-state index in [1.807, 2.05) is 24.6 Å². The largest absolute Gasteiger partial charge is 0.356 e. The molecule has 0 aromatic carbocycles. The number of aromatic nitrogens is 2. The number of imidazole rings is 1. The average molecular weight is 252 g/mol. The van der Waals surface area contributed by atoms with Crippen LogP contribution in [-0.4, -0.2) is 28.5 Å². The molecule has 0 aliphatic carbocycles. The van der Waals surface area contributed by atoms with Gasteiger partial charge in [-0.3, -0.25) is 4.79 Å². The number of aryl methyl sites for hydroxylation is 1. The molecule has 0 aliphatic rings. The van der Waals surface area contributed by atoms with E-state index in [0.717, 1.165) is 25.8 Å². The smallest absolute Gasteiger partial charge is 0.227 e. The Hall–Kier alpha value is -1.36. The number of rotatable bonds is 8. The van der Waals surface area contributed by atoms with E-state index >= 15 is 0 Å². The zero-order chi connectivity index (χ0) is 13.4. The minimum atomic E-state index is -0.426. The van der Waals surface area contributed by atoms with Gasteiger partial charge in [-0.05, 0) is 26.2 Å². The number of amides is 1. The first-order valence-electron chi connectivity index (χ1n) is 6.56. The molecule has 18 heavy (non-hydrogen) atoms. The molecule has 0 fully saturated rings. The molecule has 1 heterocycles. The predicted octanol–water partition coefficient (Wildman–Crippen LogP) is 1.15. The molecule has 1 aromatic rings. The minimum Gasteiger partial charge on any atom is -0.356 e. The molecular weight excluding hydrogens is 228 g/mol. The van der Waals surface area contributed by atoms with Gasteiger partial charge >= 0.3 is 0 Å². The van der Waals surface area contributed by atoms with Gasteiger partial charge in [0.15, 0.2) is 0 Å². The number of nitrogens with two attached hydrogens (primary N) is 1. The lowest BCUT2D eigenvalue weighted by Gasteiger charge is -2.24. The lowest BCUT2D eigenvalue weighted by molar-refractivity contribution is -0.129. The zero-order valence-electron chi connectivity index (χ0n) is 11.4. The maximum atomic E-state index is 11.9. The summed E-state index contributed by atoms with van der Waals surface area (Å²) in [5.41, 5.74) is 5.22. The monoisotopic (exact) mass is 252 g/mol. The van der Waals surface area contributed by atoms with Gasteiger partial charge in [0, 0.05) is 32.0 Å². The fraction of sp³-hybridized carbons (Fsp3) is 0.692. The van der Waals surface area contributed by atoms with Gasteiger partial charge in [0.1, 0.15) is 0 Å². The van der Waals surface area contributed by atoms with Gasteiger partial charge in [0.25, 0.3) is 0 Å². The van der Waals surface area contributed by atoms with Gasteiger partial charge in [-0.1, -0.05) is 6.92 Å². The van der Waals surface area contributed by atoms with Gasteiger partial charge in [0.05, 0.1) is 11.7 Å². The Labute approximate surface area is 109 Å². The van der Waals surface area contributed by atoms with E-state index in [9.17, 15) is 4.79 Å². The van der Waals surface area contributed by atoms with Crippen molar-refractivity contribution in [3.8, 4) is 0 Å². The Morgan fingerprint density at radius 3 is 2.83 bits per heavy atom. The topological polar surface area (TPSA) is 72.9 Å². The van der Waals surface area contributed by atoms with Crippen molar-refractivity contribution in [3.63, 3.8) is 0 Å².